The number of aliphatic imine (C=N–C) groups is 2. The third-order valence-electron chi connectivity index (χ3n) is 8.32. The van der Waals surface area contributed by atoms with Crippen LogP contribution in [0.1, 0.15) is 99.0 Å². The van der Waals surface area contributed by atoms with E-state index in [-0.39, 0.29) is 41.3 Å². The highest BCUT2D eigenvalue weighted by molar-refractivity contribution is 6.11. The molecule has 2 heterocycles. The lowest BCUT2D eigenvalue weighted by molar-refractivity contribution is -0.136. The van der Waals surface area contributed by atoms with Gasteiger partial charge in [-0.1, -0.05) is 83.1 Å². The van der Waals surface area contributed by atoms with Gasteiger partial charge in [-0.2, -0.15) is 0 Å². The standard InChI is InChI=1S/C39H52N6O5/c1-36(2,3)30(47)42-21-22-43(31(48)37(4,5)6)34(42)40-27-17-13-25(14-18-27)29(46)26-15-19-28(20-16-26)41-35-44(32(49)38(7,8)9)23-24-45(35)33(50)39(10,11)12/h13-20H,21-24H2,1-12H3. The molecule has 11 nitrogen and oxygen atoms in total. The van der Waals surface area contributed by atoms with Crippen LogP contribution in [0, 0.1) is 21.7 Å². The van der Waals surface area contributed by atoms with E-state index in [1.54, 1.807) is 68.1 Å². The maximum atomic E-state index is 13.5. The first-order chi connectivity index (χ1) is 22.9. The van der Waals surface area contributed by atoms with Gasteiger partial charge >= 0.3 is 0 Å². The summed E-state index contributed by atoms with van der Waals surface area (Å²) in [6.45, 7) is 23.4. The Bertz CT molecular complexity index is 1530. The lowest BCUT2D eigenvalue weighted by Crippen LogP contribution is -2.47. The average molecular weight is 685 g/mol. The number of guanidine groups is 2. The number of hydrogen-bond acceptors (Lipinski definition) is 7. The molecule has 2 fully saturated rings. The second-order valence-corrected chi connectivity index (χ2v) is 17.1. The first kappa shape index (κ1) is 38.1. The Morgan fingerprint density at radius 1 is 0.420 bits per heavy atom. The topological polar surface area (TPSA) is 123 Å². The van der Waals surface area contributed by atoms with Gasteiger partial charge in [0.15, 0.2) is 5.78 Å². The molecule has 0 N–H and O–H groups in total. The minimum Gasteiger partial charge on any atom is -0.289 e. The van der Waals surface area contributed by atoms with Gasteiger partial charge in [0.05, 0.1) is 11.4 Å². The van der Waals surface area contributed by atoms with Crippen molar-refractivity contribution < 1.29 is 24.0 Å². The molecular weight excluding hydrogens is 632 g/mol. The molecule has 268 valence electrons. The van der Waals surface area contributed by atoms with E-state index in [1.807, 2.05) is 83.1 Å². The number of hydrogen-bond donors (Lipinski definition) is 0. The first-order valence-electron chi connectivity index (χ1n) is 17.1. The summed E-state index contributed by atoms with van der Waals surface area (Å²) in [4.78, 5) is 82.4. The quantitative estimate of drug-likeness (QED) is 0.344. The summed E-state index contributed by atoms with van der Waals surface area (Å²) in [7, 11) is 0. The Morgan fingerprint density at radius 3 is 0.840 bits per heavy atom. The normalized spacial score (nSPS) is 15.8. The summed E-state index contributed by atoms with van der Waals surface area (Å²) in [5.41, 5.74) is -0.780. The van der Waals surface area contributed by atoms with Gasteiger partial charge in [-0.3, -0.25) is 43.6 Å². The summed E-state index contributed by atoms with van der Waals surface area (Å²) in [5, 5.41) is 0. The maximum Gasteiger partial charge on any atom is 0.234 e. The Hall–Kier alpha value is -4.67. The zero-order valence-corrected chi connectivity index (χ0v) is 31.7. The summed E-state index contributed by atoms with van der Waals surface area (Å²) in [6, 6.07) is 13.4. The molecular formula is C39H52N6O5. The van der Waals surface area contributed by atoms with Gasteiger partial charge in [0, 0.05) is 59.0 Å². The number of ketones is 1. The van der Waals surface area contributed by atoms with E-state index < -0.39 is 21.7 Å². The zero-order valence-electron chi connectivity index (χ0n) is 31.7. The molecule has 50 heavy (non-hydrogen) atoms. The predicted octanol–water partition coefficient (Wildman–Crippen LogP) is 6.42. The molecule has 0 atom stereocenters. The van der Waals surface area contributed by atoms with Gasteiger partial charge in [0.1, 0.15) is 0 Å². The van der Waals surface area contributed by atoms with E-state index in [9.17, 15) is 24.0 Å². The van der Waals surface area contributed by atoms with E-state index in [4.69, 9.17) is 9.98 Å². The molecule has 0 aromatic heterocycles. The third kappa shape index (κ3) is 8.20. The molecule has 2 saturated heterocycles. The lowest BCUT2D eigenvalue weighted by atomic mass is 9.94. The van der Waals surface area contributed by atoms with Crippen LogP contribution < -0.4 is 0 Å². The highest BCUT2D eigenvalue weighted by atomic mass is 16.2. The minimum atomic E-state index is -0.664. The van der Waals surface area contributed by atoms with Gasteiger partial charge < -0.3 is 0 Å². The monoisotopic (exact) mass is 684 g/mol. The van der Waals surface area contributed by atoms with E-state index >= 15 is 0 Å². The highest BCUT2D eigenvalue weighted by Crippen LogP contribution is 2.30. The molecule has 11 heteroatoms. The van der Waals surface area contributed by atoms with Crippen LogP contribution in [0.4, 0.5) is 11.4 Å². The van der Waals surface area contributed by atoms with Crippen LogP contribution in [0.3, 0.4) is 0 Å². The number of amides is 4. The Kier molecular flexibility index (Phi) is 10.3. The van der Waals surface area contributed by atoms with Crippen LogP contribution in [0.5, 0.6) is 0 Å². The Balaban J connectivity index is 1.60. The van der Waals surface area contributed by atoms with Crippen molar-refractivity contribution in [3.63, 3.8) is 0 Å². The summed E-state index contributed by atoms with van der Waals surface area (Å²) in [6.07, 6.45) is 0. The fraction of sp³-hybridized carbons (Fsp3) is 0.513. The van der Waals surface area contributed by atoms with Crippen molar-refractivity contribution in [2.45, 2.75) is 83.1 Å². The molecule has 4 rings (SSSR count). The van der Waals surface area contributed by atoms with Gasteiger partial charge in [-0.05, 0) is 48.5 Å². The highest BCUT2D eigenvalue weighted by Gasteiger charge is 2.43. The van der Waals surface area contributed by atoms with Gasteiger partial charge in [0.25, 0.3) is 0 Å². The zero-order chi connectivity index (χ0) is 37.6. The average Bonchev–Trinajstić information content (AvgIpc) is 3.62. The molecule has 2 aliphatic rings. The van der Waals surface area contributed by atoms with Crippen molar-refractivity contribution in [3.8, 4) is 0 Å². The second kappa shape index (κ2) is 13.6. The van der Waals surface area contributed by atoms with Crippen LogP contribution in [0.15, 0.2) is 58.5 Å². The van der Waals surface area contributed by atoms with Crippen molar-refractivity contribution in [1.29, 1.82) is 0 Å². The van der Waals surface area contributed by atoms with Crippen LogP contribution in [0.25, 0.3) is 0 Å². The molecule has 0 bridgehead atoms. The first-order valence-corrected chi connectivity index (χ1v) is 17.1. The molecule has 0 unspecified atom stereocenters. The molecule has 2 aliphatic heterocycles. The number of nitrogens with zero attached hydrogens (tertiary/aromatic N) is 6. The largest absolute Gasteiger partial charge is 0.289 e. The molecule has 0 radical (unpaired) electrons. The summed E-state index contributed by atoms with van der Waals surface area (Å²) >= 11 is 0. The van der Waals surface area contributed by atoms with Gasteiger partial charge in [-0.15, -0.1) is 0 Å². The number of benzene rings is 2. The second-order valence-electron chi connectivity index (χ2n) is 17.1. The van der Waals surface area contributed by atoms with Gasteiger partial charge in [0.2, 0.25) is 35.5 Å². The SMILES string of the molecule is CC(C)(C)C(=O)N1CCN(C(=O)C(C)(C)C)C1=Nc1ccc(C(=O)c2ccc(N=C3N(C(=O)C(C)(C)C)CCN3C(=O)C(C)(C)C)cc2)cc1. The van der Waals surface area contributed by atoms with Crippen molar-refractivity contribution in [3.05, 3.63) is 59.7 Å². The fourth-order valence-electron chi connectivity index (χ4n) is 5.49. The summed E-state index contributed by atoms with van der Waals surface area (Å²) < 4.78 is 0. The van der Waals surface area contributed by atoms with Crippen molar-refractivity contribution in [1.82, 2.24) is 19.6 Å². The maximum absolute atomic E-state index is 13.5. The van der Waals surface area contributed by atoms with Crippen LogP contribution in [-0.4, -0.2) is 87.1 Å². The lowest BCUT2D eigenvalue weighted by Gasteiger charge is -2.29. The fourth-order valence-corrected chi connectivity index (χ4v) is 5.49. The Morgan fingerprint density at radius 2 is 0.640 bits per heavy atom. The van der Waals surface area contributed by atoms with E-state index in [1.165, 1.54) is 0 Å². The van der Waals surface area contributed by atoms with Crippen molar-refractivity contribution >= 4 is 52.7 Å². The molecule has 2 aromatic rings. The predicted molar refractivity (Wildman–Crippen MR) is 195 cm³/mol. The third-order valence-corrected chi connectivity index (χ3v) is 8.32. The number of rotatable bonds is 4. The van der Waals surface area contributed by atoms with E-state index in [2.05, 4.69) is 0 Å². The van der Waals surface area contributed by atoms with E-state index in [0.29, 0.717) is 48.7 Å². The van der Waals surface area contributed by atoms with Crippen LogP contribution >= 0.6 is 0 Å². The number of carbonyl (C=O) groups excluding carboxylic acids is 5. The van der Waals surface area contributed by atoms with Gasteiger partial charge in [-0.25, -0.2) is 9.98 Å². The van der Waals surface area contributed by atoms with Crippen LogP contribution in [-0.2, 0) is 19.2 Å². The van der Waals surface area contributed by atoms with E-state index in [0.717, 1.165) is 0 Å². The van der Waals surface area contributed by atoms with Crippen molar-refractivity contribution in [2.75, 3.05) is 26.2 Å². The molecule has 0 spiro atoms. The minimum absolute atomic E-state index is 0.129. The molecule has 4 amide bonds. The summed E-state index contributed by atoms with van der Waals surface area (Å²) in [5.74, 6) is -0.158. The molecule has 0 saturated carbocycles. The molecule has 2 aromatic carbocycles. The molecule has 0 aliphatic carbocycles. The Labute approximate surface area is 296 Å². The van der Waals surface area contributed by atoms with Crippen LogP contribution in [0.2, 0.25) is 0 Å². The number of carbonyl (C=O) groups is 5. The van der Waals surface area contributed by atoms with Crippen molar-refractivity contribution in [2.24, 2.45) is 31.6 Å². The smallest absolute Gasteiger partial charge is 0.234 e.